The highest BCUT2D eigenvalue weighted by Gasteiger charge is 2.20. The van der Waals surface area contributed by atoms with Gasteiger partial charge in [-0.3, -0.25) is 0 Å². The van der Waals surface area contributed by atoms with Crippen molar-refractivity contribution in [1.82, 2.24) is 9.13 Å². The molecule has 2 aromatic heterocycles. The van der Waals surface area contributed by atoms with Gasteiger partial charge in [0.2, 0.25) is 0 Å². The highest BCUT2D eigenvalue weighted by atomic mass is 15.0. The monoisotopic (exact) mass is 610 g/mol. The lowest BCUT2D eigenvalue weighted by Crippen LogP contribution is -2.01. The van der Waals surface area contributed by atoms with Gasteiger partial charge in [0.25, 0.3) is 0 Å². The van der Waals surface area contributed by atoms with Crippen LogP contribution in [0.25, 0.3) is 77.2 Å². The Bertz CT molecular complexity index is 2750. The summed E-state index contributed by atoms with van der Waals surface area (Å²) in [5, 5.41) is 25.1. The third kappa shape index (κ3) is 4.14. The van der Waals surface area contributed by atoms with Crippen LogP contribution in [0.3, 0.4) is 0 Å². The maximum absolute atomic E-state index is 10.8. The molecule has 0 fully saturated rings. The van der Waals surface area contributed by atoms with Crippen molar-refractivity contribution < 1.29 is 0 Å². The van der Waals surface area contributed by atoms with E-state index in [0.717, 1.165) is 77.2 Å². The second-order valence-electron chi connectivity index (χ2n) is 12.0. The fourth-order valence-electron chi connectivity index (χ4n) is 7.26. The van der Waals surface area contributed by atoms with Gasteiger partial charge in [0.05, 0.1) is 45.0 Å². The molecule has 0 saturated carbocycles. The van der Waals surface area contributed by atoms with Gasteiger partial charge in [0.15, 0.2) is 0 Å². The molecule has 9 rings (SSSR count). The smallest absolute Gasteiger partial charge is 0.102 e. The van der Waals surface area contributed by atoms with E-state index in [1.165, 1.54) is 0 Å². The molecule has 0 amide bonds. The normalized spacial score (nSPS) is 11.3. The predicted molar refractivity (Wildman–Crippen MR) is 195 cm³/mol. The molecule has 4 heteroatoms. The topological polar surface area (TPSA) is 57.4 Å². The molecule has 2 heterocycles. The predicted octanol–water partition coefficient (Wildman–Crippen LogP) is 11.0. The minimum Gasteiger partial charge on any atom is -0.309 e. The molecule has 0 aliphatic heterocycles. The van der Waals surface area contributed by atoms with Gasteiger partial charge in [-0.15, -0.1) is 0 Å². The Kier molecular flexibility index (Phi) is 6.22. The van der Waals surface area contributed by atoms with Crippen molar-refractivity contribution in [2.24, 2.45) is 0 Å². The van der Waals surface area contributed by atoms with Crippen LogP contribution in [0.15, 0.2) is 158 Å². The van der Waals surface area contributed by atoms with Gasteiger partial charge in [-0.25, -0.2) is 0 Å². The maximum Gasteiger partial charge on any atom is 0.102 e. The first-order chi connectivity index (χ1) is 23.7. The molecule has 0 spiro atoms. The quantitative estimate of drug-likeness (QED) is 0.199. The Morgan fingerprint density at radius 2 is 0.979 bits per heavy atom. The first-order valence-corrected chi connectivity index (χ1v) is 15.9. The Labute approximate surface area is 277 Å². The van der Waals surface area contributed by atoms with Crippen molar-refractivity contribution in [1.29, 1.82) is 10.5 Å². The zero-order valence-corrected chi connectivity index (χ0v) is 25.8. The van der Waals surface area contributed by atoms with Crippen LogP contribution in [0, 0.1) is 22.7 Å². The van der Waals surface area contributed by atoms with Crippen LogP contribution < -0.4 is 0 Å². The molecule has 9 aromatic rings. The van der Waals surface area contributed by atoms with Crippen LogP contribution in [-0.4, -0.2) is 9.13 Å². The Morgan fingerprint density at radius 3 is 1.62 bits per heavy atom. The molecule has 222 valence electrons. The first-order valence-electron chi connectivity index (χ1n) is 15.9. The number of aromatic nitrogens is 2. The van der Waals surface area contributed by atoms with Crippen molar-refractivity contribution in [3.63, 3.8) is 0 Å². The summed E-state index contributed by atoms with van der Waals surface area (Å²) in [6.07, 6.45) is 0. The lowest BCUT2D eigenvalue weighted by molar-refractivity contribution is 1.17. The molecule has 48 heavy (non-hydrogen) atoms. The molecule has 0 radical (unpaired) electrons. The highest BCUT2D eigenvalue weighted by molar-refractivity contribution is 6.10. The molecule has 0 atom stereocenters. The first kappa shape index (κ1) is 27.4. The average molecular weight is 611 g/mol. The molecule has 0 unspecified atom stereocenters. The van der Waals surface area contributed by atoms with Gasteiger partial charge in [-0.1, -0.05) is 103 Å². The van der Waals surface area contributed by atoms with Crippen molar-refractivity contribution >= 4 is 43.6 Å². The van der Waals surface area contributed by atoms with Gasteiger partial charge in [-0.05, 0) is 71.3 Å². The minimum atomic E-state index is 0.623. The zero-order chi connectivity index (χ0) is 32.2. The summed E-state index contributed by atoms with van der Waals surface area (Å²) in [7, 11) is 0. The summed E-state index contributed by atoms with van der Waals surface area (Å²) < 4.78 is 4.48. The second-order valence-corrected chi connectivity index (χ2v) is 12.0. The number of nitriles is 2. The summed E-state index contributed by atoms with van der Waals surface area (Å²) in [4.78, 5) is 0. The fraction of sp³-hybridized carbons (Fsp3) is 0. The van der Waals surface area contributed by atoms with Crippen molar-refractivity contribution in [3.8, 4) is 45.8 Å². The summed E-state index contributed by atoms with van der Waals surface area (Å²) in [5.41, 5.74) is 11.2. The Hall–Kier alpha value is -6.88. The number of rotatable bonds is 4. The van der Waals surface area contributed by atoms with E-state index in [4.69, 9.17) is 0 Å². The Morgan fingerprint density at radius 1 is 0.396 bits per heavy atom. The summed E-state index contributed by atoms with van der Waals surface area (Å²) >= 11 is 0. The van der Waals surface area contributed by atoms with Crippen LogP contribution in [-0.2, 0) is 0 Å². The van der Waals surface area contributed by atoms with Gasteiger partial charge >= 0.3 is 0 Å². The molecule has 0 N–H and O–H groups in total. The average Bonchev–Trinajstić information content (AvgIpc) is 3.67. The van der Waals surface area contributed by atoms with E-state index in [9.17, 15) is 10.5 Å². The van der Waals surface area contributed by atoms with Gasteiger partial charge in [-0.2, -0.15) is 10.5 Å². The summed E-state index contributed by atoms with van der Waals surface area (Å²) in [6.45, 7) is 0. The van der Waals surface area contributed by atoms with Crippen molar-refractivity contribution in [2.45, 2.75) is 0 Å². The molecular formula is C44H26N4. The third-order valence-corrected chi connectivity index (χ3v) is 9.38. The number of nitrogens with zero attached hydrogens (tertiary/aromatic N) is 4. The van der Waals surface area contributed by atoms with Crippen LogP contribution in [0.1, 0.15) is 11.1 Å². The summed E-state index contributed by atoms with van der Waals surface area (Å²) in [6, 6.07) is 59.0. The number of hydrogen-bond donors (Lipinski definition) is 0. The minimum absolute atomic E-state index is 0.623. The number of para-hydroxylation sites is 3. The van der Waals surface area contributed by atoms with E-state index >= 15 is 0 Å². The van der Waals surface area contributed by atoms with Crippen molar-refractivity contribution in [3.05, 3.63) is 169 Å². The van der Waals surface area contributed by atoms with E-state index in [1.54, 1.807) is 0 Å². The molecule has 0 saturated heterocycles. The van der Waals surface area contributed by atoms with E-state index in [1.807, 2.05) is 36.4 Å². The maximum atomic E-state index is 10.8. The van der Waals surface area contributed by atoms with E-state index < -0.39 is 0 Å². The Balaban J connectivity index is 1.34. The number of fused-ring (bicyclic) bond motifs is 6. The molecular weight excluding hydrogens is 585 g/mol. The van der Waals surface area contributed by atoms with Crippen LogP contribution in [0.4, 0.5) is 0 Å². The largest absolute Gasteiger partial charge is 0.309 e. The van der Waals surface area contributed by atoms with Gasteiger partial charge in [0.1, 0.15) is 6.07 Å². The van der Waals surface area contributed by atoms with Crippen LogP contribution in [0.2, 0.25) is 0 Å². The zero-order valence-electron chi connectivity index (χ0n) is 25.8. The van der Waals surface area contributed by atoms with Crippen molar-refractivity contribution in [2.75, 3.05) is 0 Å². The molecule has 0 bridgehead atoms. The molecule has 0 aliphatic rings. The standard InChI is InChI=1S/C44H26N4/c45-27-29-21-22-37-36-17-4-7-18-40(36)47(43(37)23-29)33-14-10-13-31(24-33)32-25-38(30-11-2-1-3-12-30)39(28-46)44(26-32)48-41-19-8-5-15-34(41)35-16-6-9-20-42(35)48/h1-26H. The van der Waals surface area contributed by atoms with E-state index in [-0.39, 0.29) is 0 Å². The van der Waals surface area contributed by atoms with E-state index in [0.29, 0.717) is 11.1 Å². The third-order valence-electron chi connectivity index (χ3n) is 9.38. The number of hydrogen-bond acceptors (Lipinski definition) is 2. The molecule has 0 aliphatic carbocycles. The number of benzene rings is 7. The lowest BCUT2D eigenvalue weighted by atomic mass is 9.93. The van der Waals surface area contributed by atoms with Gasteiger partial charge < -0.3 is 9.13 Å². The van der Waals surface area contributed by atoms with Crippen LogP contribution >= 0.6 is 0 Å². The highest BCUT2D eigenvalue weighted by Crippen LogP contribution is 2.40. The van der Waals surface area contributed by atoms with E-state index in [2.05, 4.69) is 143 Å². The SMILES string of the molecule is N#Cc1ccc2c3ccccc3n(-c3cccc(-c4cc(-c5ccccc5)c(C#N)c(-n5c6ccccc6c6ccccc65)c4)c3)c2c1. The molecule has 4 nitrogen and oxygen atoms in total. The summed E-state index contributed by atoms with van der Waals surface area (Å²) in [5.74, 6) is 0. The van der Waals surface area contributed by atoms with Crippen LogP contribution in [0.5, 0.6) is 0 Å². The fourth-order valence-corrected chi connectivity index (χ4v) is 7.26. The lowest BCUT2D eigenvalue weighted by Gasteiger charge is -2.17. The van der Waals surface area contributed by atoms with Gasteiger partial charge in [0, 0.05) is 32.8 Å². The second kappa shape index (κ2) is 10.9. The molecule has 7 aromatic carbocycles.